The second-order valence-corrected chi connectivity index (χ2v) is 4.16. The third-order valence-electron chi connectivity index (χ3n) is 2.22. The van der Waals surface area contributed by atoms with E-state index >= 15 is 0 Å². The molecule has 0 aliphatic carbocycles. The highest BCUT2D eigenvalue weighted by Gasteiger charge is 2.65. The SMILES string of the molecule is C#CC(C)(O)CCOC(=O)C(F)(F)OC(F)(F)C(F)(F)OC. The molecule has 0 rings (SSSR count). The van der Waals surface area contributed by atoms with Gasteiger partial charge in [-0.3, -0.25) is 0 Å². The predicted molar refractivity (Wildman–Crippen MR) is 58.0 cm³/mol. The number of hydrogen-bond acceptors (Lipinski definition) is 5. The maximum absolute atomic E-state index is 13.0. The van der Waals surface area contributed by atoms with Crippen molar-refractivity contribution in [3.8, 4) is 12.3 Å². The van der Waals surface area contributed by atoms with Crippen molar-refractivity contribution in [2.45, 2.75) is 37.3 Å². The van der Waals surface area contributed by atoms with Crippen molar-refractivity contribution in [2.75, 3.05) is 13.7 Å². The summed E-state index contributed by atoms with van der Waals surface area (Å²) in [6, 6.07) is 0. The number of alkyl halides is 6. The lowest BCUT2D eigenvalue weighted by Crippen LogP contribution is -2.51. The smallest absolute Gasteiger partial charge is 0.459 e. The minimum atomic E-state index is -5.80. The van der Waals surface area contributed by atoms with Crippen LogP contribution < -0.4 is 0 Å². The lowest BCUT2D eigenvalue weighted by molar-refractivity contribution is -0.469. The van der Waals surface area contributed by atoms with Crippen molar-refractivity contribution in [1.82, 2.24) is 0 Å². The Kier molecular flexibility index (Phi) is 6.26. The van der Waals surface area contributed by atoms with Crippen LogP contribution in [0.15, 0.2) is 0 Å². The zero-order chi connectivity index (χ0) is 17.8. The Morgan fingerprint density at radius 2 is 1.68 bits per heavy atom. The van der Waals surface area contributed by atoms with E-state index in [1.54, 1.807) is 0 Å². The van der Waals surface area contributed by atoms with Gasteiger partial charge in [-0.25, -0.2) is 9.53 Å². The van der Waals surface area contributed by atoms with Crippen LogP contribution in [0.3, 0.4) is 0 Å². The van der Waals surface area contributed by atoms with Crippen LogP contribution in [0.5, 0.6) is 0 Å². The molecule has 0 aliphatic rings. The van der Waals surface area contributed by atoms with E-state index in [1.165, 1.54) is 0 Å². The van der Waals surface area contributed by atoms with E-state index in [2.05, 4.69) is 14.2 Å². The number of esters is 1. The Bertz CT molecular complexity index is 443. The summed E-state index contributed by atoms with van der Waals surface area (Å²) in [6.07, 6.45) is -12.2. The monoisotopic (exact) mass is 338 g/mol. The van der Waals surface area contributed by atoms with Gasteiger partial charge in [-0.05, 0) is 6.92 Å². The van der Waals surface area contributed by atoms with Crippen molar-refractivity contribution in [3.63, 3.8) is 0 Å². The minimum Gasteiger partial charge on any atom is -0.459 e. The van der Waals surface area contributed by atoms with Gasteiger partial charge in [0.05, 0.1) is 6.61 Å². The van der Waals surface area contributed by atoms with Crippen LogP contribution >= 0.6 is 0 Å². The summed E-state index contributed by atoms with van der Waals surface area (Å²) in [5, 5.41) is 9.28. The minimum absolute atomic E-state index is 0.121. The molecule has 0 aliphatic heterocycles. The zero-order valence-electron chi connectivity index (χ0n) is 11.3. The van der Waals surface area contributed by atoms with Gasteiger partial charge in [0, 0.05) is 13.5 Å². The van der Waals surface area contributed by atoms with E-state index in [-0.39, 0.29) is 7.11 Å². The summed E-state index contributed by atoms with van der Waals surface area (Å²) < 4.78 is 86.1. The first-order valence-electron chi connectivity index (χ1n) is 5.47. The standard InChI is InChI=1S/C11H12F6O5/c1-4-8(2,19)5-6-21-7(18)9(12,13)22-11(16,17)10(14,15)20-3/h1,19H,5-6H2,2-3H3. The third kappa shape index (κ3) is 5.36. The molecular formula is C11H12F6O5. The molecule has 11 heteroatoms. The predicted octanol–water partition coefficient (Wildman–Crippen LogP) is 1.75. The van der Waals surface area contributed by atoms with E-state index in [9.17, 15) is 36.2 Å². The molecule has 0 amide bonds. The van der Waals surface area contributed by atoms with Crippen LogP contribution in [0.2, 0.25) is 0 Å². The van der Waals surface area contributed by atoms with E-state index in [4.69, 9.17) is 6.42 Å². The third-order valence-corrected chi connectivity index (χ3v) is 2.22. The van der Waals surface area contributed by atoms with Gasteiger partial charge in [-0.15, -0.1) is 6.42 Å². The van der Waals surface area contributed by atoms with Gasteiger partial charge >= 0.3 is 24.3 Å². The van der Waals surface area contributed by atoms with Crippen molar-refractivity contribution in [1.29, 1.82) is 0 Å². The average Bonchev–Trinajstić information content (AvgIpc) is 2.36. The fourth-order valence-corrected chi connectivity index (χ4v) is 0.880. The van der Waals surface area contributed by atoms with Gasteiger partial charge in [0.15, 0.2) is 0 Å². The molecule has 1 atom stereocenters. The summed E-state index contributed by atoms with van der Waals surface area (Å²) in [7, 11) is 0.121. The Labute approximate surface area is 121 Å². The molecule has 0 saturated heterocycles. The second kappa shape index (κ2) is 6.72. The number of carbonyl (C=O) groups is 1. The van der Waals surface area contributed by atoms with Crippen molar-refractivity contribution in [3.05, 3.63) is 0 Å². The number of carbonyl (C=O) groups excluding carboxylic acids is 1. The zero-order valence-corrected chi connectivity index (χ0v) is 11.3. The molecule has 0 heterocycles. The van der Waals surface area contributed by atoms with Crippen LogP contribution in [0.25, 0.3) is 0 Å². The highest BCUT2D eigenvalue weighted by Crippen LogP contribution is 2.40. The fourth-order valence-electron chi connectivity index (χ4n) is 0.880. The van der Waals surface area contributed by atoms with Gasteiger partial charge in [0.1, 0.15) is 5.60 Å². The molecule has 1 N–H and O–H groups in total. The molecule has 0 saturated carbocycles. The number of aliphatic hydroxyl groups is 1. The first-order valence-corrected chi connectivity index (χ1v) is 5.47. The van der Waals surface area contributed by atoms with Gasteiger partial charge in [-0.1, -0.05) is 5.92 Å². The van der Waals surface area contributed by atoms with Gasteiger partial charge in [0.25, 0.3) is 0 Å². The first kappa shape index (κ1) is 20.5. The number of halogens is 6. The number of ether oxygens (including phenoxy) is 3. The fraction of sp³-hybridized carbons (Fsp3) is 0.727. The Morgan fingerprint density at radius 3 is 2.09 bits per heavy atom. The van der Waals surface area contributed by atoms with E-state index in [0.717, 1.165) is 6.92 Å². The quantitative estimate of drug-likeness (QED) is 0.415. The molecule has 0 radical (unpaired) electrons. The summed E-state index contributed by atoms with van der Waals surface area (Å²) in [6.45, 7) is 0.198. The highest BCUT2D eigenvalue weighted by atomic mass is 19.3. The summed E-state index contributed by atoms with van der Waals surface area (Å²) >= 11 is 0. The van der Waals surface area contributed by atoms with Crippen LogP contribution in [0, 0.1) is 12.3 Å². The maximum atomic E-state index is 13.0. The molecule has 0 aromatic carbocycles. The molecule has 128 valence electrons. The molecule has 0 fully saturated rings. The van der Waals surface area contributed by atoms with E-state index in [0.29, 0.717) is 0 Å². The van der Waals surface area contributed by atoms with Crippen LogP contribution in [0.1, 0.15) is 13.3 Å². The lowest BCUT2D eigenvalue weighted by atomic mass is 10.1. The molecule has 0 aromatic heterocycles. The Hall–Kier alpha value is -1.51. The Balaban J connectivity index is 4.75. The molecule has 22 heavy (non-hydrogen) atoms. The lowest BCUT2D eigenvalue weighted by Gasteiger charge is -2.27. The van der Waals surface area contributed by atoms with Crippen LogP contribution in [0.4, 0.5) is 26.3 Å². The molecule has 0 bridgehead atoms. The van der Waals surface area contributed by atoms with Gasteiger partial charge < -0.3 is 14.6 Å². The van der Waals surface area contributed by atoms with Crippen LogP contribution in [-0.2, 0) is 19.0 Å². The van der Waals surface area contributed by atoms with Crippen LogP contribution in [-0.4, -0.2) is 48.7 Å². The normalized spacial score (nSPS) is 15.8. The molecule has 5 nitrogen and oxygen atoms in total. The topological polar surface area (TPSA) is 65.0 Å². The molecular weight excluding hydrogens is 326 g/mol. The molecule has 0 aromatic rings. The Morgan fingerprint density at radius 1 is 1.18 bits per heavy atom. The maximum Gasteiger partial charge on any atom is 0.460 e. The summed E-state index contributed by atoms with van der Waals surface area (Å²) in [5.41, 5.74) is -1.80. The average molecular weight is 338 g/mol. The van der Waals surface area contributed by atoms with Gasteiger partial charge in [-0.2, -0.15) is 26.3 Å². The van der Waals surface area contributed by atoms with Crippen molar-refractivity contribution in [2.24, 2.45) is 0 Å². The van der Waals surface area contributed by atoms with Crippen molar-refractivity contribution >= 4 is 5.97 Å². The van der Waals surface area contributed by atoms with Gasteiger partial charge in [0.2, 0.25) is 0 Å². The van der Waals surface area contributed by atoms with E-state index < -0.39 is 42.9 Å². The highest BCUT2D eigenvalue weighted by molar-refractivity contribution is 5.75. The summed E-state index contributed by atoms with van der Waals surface area (Å²) in [5.74, 6) is -0.831. The number of methoxy groups -OCH3 is 1. The second-order valence-electron chi connectivity index (χ2n) is 4.16. The first-order chi connectivity index (χ1) is 9.71. The number of rotatable bonds is 8. The summed E-state index contributed by atoms with van der Waals surface area (Å²) in [4.78, 5) is 10.9. The molecule has 0 spiro atoms. The number of terminal acetylenes is 1. The molecule has 1 unspecified atom stereocenters. The van der Waals surface area contributed by atoms with Crippen molar-refractivity contribution < 1.29 is 50.5 Å². The van der Waals surface area contributed by atoms with E-state index in [1.807, 2.05) is 5.92 Å². The largest absolute Gasteiger partial charge is 0.460 e. The number of hydrogen-bond donors (Lipinski definition) is 1.